The van der Waals surface area contributed by atoms with Gasteiger partial charge in [0, 0.05) is 26.0 Å². The second-order valence-electron chi connectivity index (χ2n) is 4.76. The maximum absolute atomic E-state index is 10.1. The monoisotopic (exact) mass is 309 g/mol. The number of nitrogens with two attached hydrogens (primary N) is 1. The molecule has 0 aliphatic carbocycles. The van der Waals surface area contributed by atoms with Crippen LogP contribution in [0.25, 0.3) is 0 Å². The van der Waals surface area contributed by atoms with Crippen molar-refractivity contribution in [3.63, 3.8) is 0 Å². The molecule has 0 aromatic rings. The minimum Gasteiger partial charge on any atom is -0.388 e. The number of thioether (sulfide) groups is 1. The van der Waals surface area contributed by atoms with E-state index in [9.17, 15) is 10.2 Å². The molecule has 0 amide bonds. The van der Waals surface area contributed by atoms with Crippen LogP contribution >= 0.6 is 11.8 Å². The average molecular weight is 309 g/mol. The van der Waals surface area contributed by atoms with Gasteiger partial charge in [-0.1, -0.05) is 6.92 Å². The van der Waals surface area contributed by atoms with E-state index < -0.39 is 30.7 Å². The van der Waals surface area contributed by atoms with Crippen LogP contribution in [0.3, 0.4) is 0 Å². The van der Waals surface area contributed by atoms with Crippen LogP contribution in [0.1, 0.15) is 19.8 Å². The third kappa shape index (κ3) is 5.14. The van der Waals surface area contributed by atoms with Crippen LogP contribution in [0.4, 0.5) is 0 Å². The van der Waals surface area contributed by atoms with Crippen molar-refractivity contribution < 1.29 is 24.4 Å². The molecule has 2 unspecified atom stereocenters. The molecule has 1 aliphatic heterocycles. The molecule has 6 nitrogen and oxygen atoms in total. The van der Waals surface area contributed by atoms with Gasteiger partial charge in [-0.25, -0.2) is 0 Å². The summed E-state index contributed by atoms with van der Waals surface area (Å²) in [5.74, 6) is 1.89. The summed E-state index contributed by atoms with van der Waals surface area (Å²) in [6.45, 7) is 3.06. The summed E-state index contributed by atoms with van der Waals surface area (Å²) in [4.78, 5) is 0. The zero-order chi connectivity index (χ0) is 15.0. The summed E-state index contributed by atoms with van der Waals surface area (Å²) in [5, 5.41) is 20.1. The van der Waals surface area contributed by atoms with E-state index in [0.717, 1.165) is 17.9 Å². The second kappa shape index (κ2) is 9.94. The average Bonchev–Trinajstić information content (AvgIpc) is 2.47. The molecule has 5 atom stereocenters. The number of hydrogen-bond acceptors (Lipinski definition) is 7. The molecular weight excluding hydrogens is 282 g/mol. The molecule has 0 aromatic heterocycles. The Kier molecular flexibility index (Phi) is 9.03. The molecule has 1 saturated heterocycles. The Labute approximate surface area is 125 Å². The Bertz CT molecular complexity index is 257. The topological polar surface area (TPSA) is 94.2 Å². The smallest absolute Gasteiger partial charge is 0.186 e. The highest BCUT2D eigenvalue weighted by atomic mass is 32.2. The molecule has 0 saturated carbocycles. The number of aliphatic hydroxyl groups is 2. The molecule has 0 bridgehead atoms. The third-order valence-electron chi connectivity index (χ3n) is 3.28. The molecule has 0 aromatic carbocycles. The van der Waals surface area contributed by atoms with Crippen molar-refractivity contribution in [1.29, 1.82) is 0 Å². The predicted octanol–water partition coefficient (Wildman–Crippen LogP) is -0.0433. The first-order valence-corrected chi connectivity index (χ1v) is 8.25. The standard InChI is InChI=1S/C13H27NO5S/c1-3-9-10(15)11(16)12(13(17-2)19-9)18-6-4-7-20-8-5-14/h9-13,15-16H,3-8,14H2,1-2H3/t9?,10-,11+,12+,13?/m1/s1. The van der Waals surface area contributed by atoms with Crippen LogP contribution < -0.4 is 5.73 Å². The van der Waals surface area contributed by atoms with Crippen LogP contribution in [0.15, 0.2) is 0 Å². The van der Waals surface area contributed by atoms with Crippen molar-refractivity contribution in [2.75, 3.05) is 31.8 Å². The predicted molar refractivity (Wildman–Crippen MR) is 78.7 cm³/mol. The van der Waals surface area contributed by atoms with Crippen LogP contribution in [-0.4, -0.2) is 72.7 Å². The van der Waals surface area contributed by atoms with E-state index in [1.165, 1.54) is 7.11 Å². The van der Waals surface area contributed by atoms with E-state index in [4.69, 9.17) is 19.9 Å². The first kappa shape index (κ1) is 18.2. The van der Waals surface area contributed by atoms with Gasteiger partial charge in [0.25, 0.3) is 0 Å². The highest BCUT2D eigenvalue weighted by Crippen LogP contribution is 2.25. The molecule has 120 valence electrons. The third-order valence-corrected chi connectivity index (χ3v) is 4.39. The fraction of sp³-hybridized carbons (Fsp3) is 1.00. The molecule has 1 rings (SSSR count). The highest BCUT2D eigenvalue weighted by Gasteiger charge is 2.44. The van der Waals surface area contributed by atoms with Gasteiger partial charge in [-0.15, -0.1) is 0 Å². The summed E-state index contributed by atoms with van der Waals surface area (Å²) in [6, 6.07) is 0. The van der Waals surface area contributed by atoms with E-state index >= 15 is 0 Å². The summed E-state index contributed by atoms with van der Waals surface area (Å²) in [7, 11) is 1.51. The maximum Gasteiger partial charge on any atom is 0.186 e. The Hall–Kier alpha value is 0.110. The molecular formula is C13H27NO5S. The minimum atomic E-state index is -0.990. The van der Waals surface area contributed by atoms with Crippen LogP contribution in [-0.2, 0) is 14.2 Å². The van der Waals surface area contributed by atoms with Crippen molar-refractivity contribution in [1.82, 2.24) is 0 Å². The lowest BCUT2D eigenvalue weighted by Gasteiger charge is -2.41. The number of ether oxygens (including phenoxy) is 3. The molecule has 4 N–H and O–H groups in total. The van der Waals surface area contributed by atoms with Crippen molar-refractivity contribution in [2.45, 2.75) is 50.5 Å². The van der Waals surface area contributed by atoms with Crippen LogP contribution in [0.5, 0.6) is 0 Å². The SMILES string of the molecule is CCC1OC(OC)[C@@H](OCCCSCCN)[C@@H](O)[C@@H]1O. The maximum atomic E-state index is 10.1. The minimum absolute atomic E-state index is 0.421. The van der Waals surface area contributed by atoms with E-state index in [1.807, 2.05) is 6.92 Å². The summed E-state index contributed by atoms with van der Waals surface area (Å²) in [5.41, 5.74) is 5.41. The highest BCUT2D eigenvalue weighted by molar-refractivity contribution is 7.99. The normalized spacial score (nSPS) is 34.4. The zero-order valence-corrected chi connectivity index (χ0v) is 13.1. The number of methoxy groups -OCH3 is 1. The summed E-state index contributed by atoms with van der Waals surface area (Å²) < 4.78 is 16.4. The van der Waals surface area contributed by atoms with Crippen LogP contribution in [0.2, 0.25) is 0 Å². The zero-order valence-electron chi connectivity index (χ0n) is 12.2. The number of rotatable bonds is 9. The summed E-state index contributed by atoms with van der Waals surface area (Å²) >= 11 is 1.77. The first-order chi connectivity index (χ1) is 9.65. The van der Waals surface area contributed by atoms with Crippen molar-refractivity contribution in [3.8, 4) is 0 Å². The Balaban J connectivity index is 2.37. The molecule has 0 spiro atoms. The lowest BCUT2D eigenvalue weighted by Crippen LogP contribution is -2.58. The van der Waals surface area contributed by atoms with Crippen molar-refractivity contribution in [3.05, 3.63) is 0 Å². The molecule has 0 radical (unpaired) electrons. The molecule has 1 fully saturated rings. The van der Waals surface area contributed by atoms with Gasteiger partial charge in [0.15, 0.2) is 6.29 Å². The fourth-order valence-corrected chi connectivity index (χ4v) is 2.87. The van der Waals surface area contributed by atoms with Gasteiger partial charge in [-0.05, 0) is 18.6 Å². The Morgan fingerprint density at radius 1 is 1.25 bits per heavy atom. The Morgan fingerprint density at radius 3 is 2.60 bits per heavy atom. The largest absolute Gasteiger partial charge is 0.388 e. The van der Waals surface area contributed by atoms with Gasteiger partial charge in [-0.2, -0.15) is 11.8 Å². The molecule has 1 aliphatic rings. The second-order valence-corrected chi connectivity index (χ2v) is 5.98. The lowest BCUT2D eigenvalue weighted by atomic mass is 9.97. The quantitative estimate of drug-likeness (QED) is 0.514. The molecule has 1 heterocycles. The van der Waals surface area contributed by atoms with Gasteiger partial charge in [0.2, 0.25) is 0 Å². The van der Waals surface area contributed by atoms with Gasteiger partial charge in [0.05, 0.1) is 6.10 Å². The Morgan fingerprint density at radius 2 is 2.00 bits per heavy atom. The number of aliphatic hydroxyl groups excluding tert-OH is 2. The van der Waals surface area contributed by atoms with Gasteiger partial charge < -0.3 is 30.2 Å². The van der Waals surface area contributed by atoms with Gasteiger partial charge in [-0.3, -0.25) is 0 Å². The van der Waals surface area contributed by atoms with E-state index in [2.05, 4.69) is 0 Å². The first-order valence-electron chi connectivity index (χ1n) is 7.09. The lowest BCUT2D eigenvalue weighted by molar-refractivity contribution is -0.299. The summed E-state index contributed by atoms with van der Waals surface area (Å²) in [6.07, 6.45) is -2.18. The van der Waals surface area contributed by atoms with E-state index in [1.54, 1.807) is 11.8 Å². The van der Waals surface area contributed by atoms with Crippen LogP contribution in [0, 0.1) is 0 Å². The number of hydrogen-bond donors (Lipinski definition) is 3. The van der Waals surface area contributed by atoms with Gasteiger partial charge in [0.1, 0.15) is 18.3 Å². The van der Waals surface area contributed by atoms with Gasteiger partial charge >= 0.3 is 0 Å². The van der Waals surface area contributed by atoms with Crippen molar-refractivity contribution >= 4 is 11.8 Å². The molecule has 7 heteroatoms. The van der Waals surface area contributed by atoms with Crippen molar-refractivity contribution in [2.24, 2.45) is 5.73 Å². The molecule has 20 heavy (non-hydrogen) atoms. The fourth-order valence-electron chi connectivity index (χ4n) is 2.18. The van der Waals surface area contributed by atoms with E-state index in [-0.39, 0.29) is 0 Å². The van der Waals surface area contributed by atoms with E-state index in [0.29, 0.717) is 19.6 Å².